The lowest BCUT2D eigenvalue weighted by Gasteiger charge is -2.06. The number of anilines is 1. The fraction of sp³-hybridized carbons (Fsp3) is 0.214. The number of nitrogens with one attached hydrogen (secondary N) is 1. The quantitative estimate of drug-likeness (QED) is 0.820. The van der Waals surface area contributed by atoms with Crippen LogP contribution < -0.4 is 4.72 Å². The fourth-order valence-electron chi connectivity index (χ4n) is 1.69. The van der Waals surface area contributed by atoms with E-state index in [-0.39, 0.29) is 0 Å². The summed E-state index contributed by atoms with van der Waals surface area (Å²) >= 11 is 13.6. The number of thioether (sulfide) groups is 1. The molecule has 1 aromatic carbocycles. The zero-order valence-corrected chi connectivity index (χ0v) is 14.9. The van der Waals surface area contributed by atoms with Crippen LogP contribution in [0.3, 0.4) is 0 Å². The largest absolute Gasteiger partial charge is 0.282 e. The number of hydrogen-bond donors (Lipinski definition) is 1. The smallest absolute Gasteiger partial charge is 0.229 e. The average Bonchev–Trinajstić information content (AvgIpc) is 2.41. The Balaban J connectivity index is 1.89. The van der Waals surface area contributed by atoms with Crippen LogP contribution in [0.1, 0.15) is 11.3 Å². The maximum absolute atomic E-state index is 11.1. The number of rotatable bonds is 6. The minimum atomic E-state index is -3.27. The molecule has 0 bridgehead atoms. The molecule has 1 heterocycles. The molecule has 2 aromatic rings. The molecule has 0 radical (unpaired) electrons. The molecule has 0 aliphatic heterocycles. The molecule has 0 saturated carbocycles. The molecular weight excluding hydrogens is 363 g/mol. The molecule has 1 aromatic heterocycles. The summed E-state index contributed by atoms with van der Waals surface area (Å²) in [6.45, 7) is 0. The molecule has 1 N–H and O–H groups in total. The fourth-order valence-corrected chi connectivity index (χ4v) is 3.75. The molecule has 0 spiro atoms. The highest BCUT2D eigenvalue weighted by atomic mass is 35.5. The van der Waals surface area contributed by atoms with E-state index >= 15 is 0 Å². The Bertz CT molecular complexity index is 750. The lowest BCUT2D eigenvalue weighted by atomic mass is 10.2. The number of benzene rings is 1. The van der Waals surface area contributed by atoms with Crippen LogP contribution in [0.5, 0.6) is 0 Å². The van der Waals surface area contributed by atoms with Crippen LogP contribution in [0.4, 0.5) is 5.69 Å². The summed E-state index contributed by atoms with van der Waals surface area (Å²) in [6, 6.07) is 8.93. The third-order valence-corrected chi connectivity index (χ3v) is 4.86. The molecular formula is C14H14Cl2N2O2S2. The van der Waals surface area contributed by atoms with Crippen LogP contribution in [0, 0.1) is 0 Å². The minimum Gasteiger partial charge on any atom is -0.282 e. The van der Waals surface area contributed by atoms with Crippen molar-refractivity contribution >= 4 is 50.7 Å². The number of nitrogens with zero attached hydrogens (tertiary/aromatic N) is 1. The van der Waals surface area contributed by atoms with E-state index in [2.05, 4.69) is 9.71 Å². The van der Waals surface area contributed by atoms with E-state index < -0.39 is 10.0 Å². The van der Waals surface area contributed by atoms with Crippen molar-refractivity contribution in [3.8, 4) is 0 Å². The van der Waals surface area contributed by atoms with E-state index in [1.165, 1.54) is 6.20 Å². The van der Waals surface area contributed by atoms with E-state index in [0.717, 1.165) is 23.3 Å². The van der Waals surface area contributed by atoms with Gasteiger partial charge in [0.25, 0.3) is 0 Å². The lowest BCUT2D eigenvalue weighted by Crippen LogP contribution is -2.09. The zero-order chi connectivity index (χ0) is 16.2. The Morgan fingerprint density at radius 3 is 2.55 bits per heavy atom. The number of hydrogen-bond acceptors (Lipinski definition) is 4. The van der Waals surface area contributed by atoms with Crippen molar-refractivity contribution in [2.75, 3.05) is 11.0 Å². The van der Waals surface area contributed by atoms with Gasteiger partial charge in [-0.25, -0.2) is 8.42 Å². The molecule has 4 nitrogen and oxygen atoms in total. The van der Waals surface area contributed by atoms with Crippen molar-refractivity contribution in [2.24, 2.45) is 0 Å². The normalized spacial score (nSPS) is 11.4. The van der Waals surface area contributed by atoms with Gasteiger partial charge in [0.2, 0.25) is 10.0 Å². The van der Waals surface area contributed by atoms with Gasteiger partial charge in [-0.2, -0.15) is 11.8 Å². The number of sulfonamides is 1. The molecule has 0 saturated heterocycles. The van der Waals surface area contributed by atoms with Crippen LogP contribution >= 0.6 is 35.0 Å². The molecule has 2 rings (SSSR count). The Morgan fingerprint density at radius 1 is 1.18 bits per heavy atom. The van der Waals surface area contributed by atoms with Gasteiger partial charge in [0, 0.05) is 21.6 Å². The van der Waals surface area contributed by atoms with Crippen molar-refractivity contribution in [1.29, 1.82) is 0 Å². The van der Waals surface area contributed by atoms with Gasteiger partial charge < -0.3 is 0 Å². The molecule has 0 aliphatic rings. The number of aromatic nitrogens is 1. The van der Waals surface area contributed by atoms with E-state index in [4.69, 9.17) is 23.2 Å². The molecule has 0 aliphatic carbocycles. The van der Waals surface area contributed by atoms with Crippen molar-refractivity contribution in [3.05, 3.63) is 57.8 Å². The summed E-state index contributed by atoms with van der Waals surface area (Å²) in [6.07, 6.45) is 2.61. The van der Waals surface area contributed by atoms with Gasteiger partial charge in [-0.05, 0) is 29.8 Å². The lowest BCUT2D eigenvalue weighted by molar-refractivity contribution is 0.607. The van der Waals surface area contributed by atoms with Crippen molar-refractivity contribution < 1.29 is 8.42 Å². The first-order valence-electron chi connectivity index (χ1n) is 6.28. The highest BCUT2D eigenvalue weighted by molar-refractivity contribution is 7.97. The highest BCUT2D eigenvalue weighted by Gasteiger charge is 2.04. The summed E-state index contributed by atoms with van der Waals surface area (Å²) in [5, 5.41) is 1.27. The van der Waals surface area contributed by atoms with E-state index in [1.54, 1.807) is 30.0 Å². The van der Waals surface area contributed by atoms with Crippen LogP contribution in [0.2, 0.25) is 10.0 Å². The summed E-state index contributed by atoms with van der Waals surface area (Å²) in [4.78, 5) is 4.23. The Labute approximate surface area is 144 Å². The Kier molecular flexibility index (Phi) is 5.97. The number of halogens is 2. The zero-order valence-electron chi connectivity index (χ0n) is 11.7. The summed E-state index contributed by atoms with van der Waals surface area (Å²) < 4.78 is 24.6. The van der Waals surface area contributed by atoms with Gasteiger partial charge in [0.05, 0.1) is 23.8 Å². The predicted molar refractivity (Wildman–Crippen MR) is 94.2 cm³/mol. The number of pyridine rings is 1. The average molecular weight is 377 g/mol. The summed E-state index contributed by atoms with van der Waals surface area (Å²) in [5.74, 6) is 1.46. The first-order chi connectivity index (χ1) is 10.3. The third kappa shape index (κ3) is 5.68. The minimum absolute atomic E-state index is 0.456. The van der Waals surface area contributed by atoms with E-state index in [9.17, 15) is 8.42 Å². The van der Waals surface area contributed by atoms with Crippen molar-refractivity contribution in [1.82, 2.24) is 4.98 Å². The van der Waals surface area contributed by atoms with Gasteiger partial charge >= 0.3 is 0 Å². The molecule has 0 unspecified atom stereocenters. The van der Waals surface area contributed by atoms with Gasteiger partial charge in [-0.1, -0.05) is 29.3 Å². The topological polar surface area (TPSA) is 59.1 Å². The van der Waals surface area contributed by atoms with Crippen LogP contribution in [0.15, 0.2) is 36.5 Å². The van der Waals surface area contributed by atoms with Crippen LogP contribution in [0.25, 0.3) is 0 Å². The van der Waals surface area contributed by atoms with E-state index in [1.807, 2.05) is 12.1 Å². The Hall–Kier alpha value is -0.950. The molecule has 8 heteroatoms. The molecule has 0 fully saturated rings. The molecule has 22 heavy (non-hydrogen) atoms. The van der Waals surface area contributed by atoms with Crippen molar-refractivity contribution in [3.63, 3.8) is 0 Å². The summed E-state index contributed by atoms with van der Waals surface area (Å²) in [5.41, 5.74) is 2.34. The first-order valence-corrected chi connectivity index (χ1v) is 10.1. The molecule has 0 amide bonds. The maximum Gasteiger partial charge on any atom is 0.229 e. The maximum atomic E-state index is 11.1. The van der Waals surface area contributed by atoms with E-state index in [0.29, 0.717) is 21.5 Å². The van der Waals surface area contributed by atoms with Crippen LogP contribution in [-0.2, 0) is 21.5 Å². The monoisotopic (exact) mass is 376 g/mol. The van der Waals surface area contributed by atoms with Gasteiger partial charge in [0.15, 0.2) is 0 Å². The van der Waals surface area contributed by atoms with Gasteiger partial charge in [0.1, 0.15) is 0 Å². The second kappa shape index (κ2) is 7.55. The van der Waals surface area contributed by atoms with Crippen LogP contribution in [-0.4, -0.2) is 19.7 Å². The van der Waals surface area contributed by atoms with Crippen molar-refractivity contribution in [2.45, 2.75) is 11.5 Å². The van der Waals surface area contributed by atoms with Gasteiger partial charge in [-0.3, -0.25) is 9.71 Å². The third-order valence-electron chi connectivity index (χ3n) is 2.65. The SMILES string of the molecule is CS(=O)(=O)Nc1ccc(CSCc2ccc(Cl)cc2Cl)nc1. The van der Waals surface area contributed by atoms with Gasteiger partial charge in [-0.15, -0.1) is 0 Å². The summed E-state index contributed by atoms with van der Waals surface area (Å²) in [7, 11) is -3.27. The first kappa shape index (κ1) is 17.4. The standard InChI is InChI=1S/C14H14Cl2N2O2S2/c1-22(19,20)18-12-4-5-13(17-7-12)9-21-8-10-2-3-11(15)6-14(10)16/h2-7,18H,8-9H2,1H3. The second-order valence-electron chi connectivity index (χ2n) is 4.64. The Morgan fingerprint density at radius 2 is 1.95 bits per heavy atom. The molecule has 0 atom stereocenters. The highest BCUT2D eigenvalue weighted by Crippen LogP contribution is 2.26. The second-order valence-corrected chi connectivity index (χ2v) is 8.22. The predicted octanol–water partition coefficient (Wildman–Crippen LogP) is 4.19. The molecule has 118 valence electrons.